The summed E-state index contributed by atoms with van der Waals surface area (Å²) >= 11 is 1.95. The Hall–Kier alpha value is -0.300. The normalized spacial score (nSPS) is 11.6. The quantitative estimate of drug-likeness (QED) is 0.639. The van der Waals surface area contributed by atoms with Crippen LogP contribution in [0.5, 0.6) is 0 Å². The maximum Gasteiger partial charge on any atom is 0.00764 e. The predicted octanol–water partition coefficient (Wildman–Crippen LogP) is 4.30. The third-order valence-electron chi connectivity index (χ3n) is 2.17. The number of aryl methyl sites for hydroxylation is 1. The van der Waals surface area contributed by atoms with Crippen LogP contribution in [0.25, 0.3) is 0 Å². The van der Waals surface area contributed by atoms with Crippen molar-refractivity contribution in [1.29, 1.82) is 0 Å². The number of thiophene rings is 1. The molecule has 0 aliphatic carbocycles. The minimum atomic E-state index is 0.675. The van der Waals surface area contributed by atoms with E-state index in [0.717, 1.165) is 0 Å². The van der Waals surface area contributed by atoms with E-state index in [9.17, 15) is 0 Å². The summed E-state index contributed by atoms with van der Waals surface area (Å²) in [5, 5.41) is 0. The summed E-state index contributed by atoms with van der Waals surface area (Å²) in [5.74, 6) is 1.36. The van der Waals surface area contributed by atoms with Gasteiger partial charge in [0.1, 0.15) is 0 Å². The molecule has 0 aliphatic rings. The summed E-state index contributed by atoms with van der Waals surface area (Å²) in [5.41, 5.74) is 1.53. The van der Waals surface area contributed by atoms with E-state index in [4.69, 9.17) is 0 Å². The van der Waals surface area contributed by atoms with Crippen LogP contribution in [0.1, 0.15) is 54.8 Å². The SMILES string of the molecule is Cc1sc(C(C)C)cc1C(C)C. The van der Waals surface area contributed by atoms with Crippen molar-refractivity contribution in [2.75, 3.05) is 0 Å². The lowest BCUT2D eigenvalue weighted by Gasteiger charge is -2.01. The van der Waals surface area contributed by atoms with E-state index < -0.39 is 0 Å². The molecule has 0 aromatic carbocycles. The molecule has 0 atom stereocenters. The Bertz CT molecular complexity index is 256. The Morgan fingerprint density at radius 2 is 1.67 bits per heavy atom. The van der Waals surface area contributed by atoms with Crippen molar-refractivity contribution in [2.24, 2.45) is 0 Å². The van der Waals surface area contributed by atoms with Gasteiger partial charge >= 0.3 is 0 Å². The van der Waals surface area contributed by atoms with Gasteiger partial charge in [-0.25, -0.2) is 0 Å². The van der Waals surface area contributed by atoms with Crippen molar-refractivity contribution in [3.8, 4) is 0 Å². The summed E-state index contributed by atoms with van der Waals surface area (Å²) in [6.07, 6.45) is 0. The van der Waals surface area contributed by atoms with E-state index in [1.807, 2.05) is 11.3 Å². The fraction of sp³-hybridized carbons (Fsp3) is 0.636. The van der Waals surface area contributed by atoms with E-state index in [2.05, 4.69) is 40.7 Å². The van der Waals surface area contributed by atoms with Crippen LogP contribution in [0.3, 0.4) is 0 Å². The predicted molar refractivity (Wildman–Crippen MR) is 57.2 cm³/mol. The second-order valence-electron chi connectivity index (χ2n) is 3.97. The third kappa shape index (κ3) is 1.89. The van der Waals surface area contributed by atoms with E-state index in [-0.39, 0.29) is 0 Å². The molecule has 0 saturated heterocycles. The Balaban J connectivity index is 3.00. The van der Waals surface area contributed by atoms with Crippen LogP contribution >= 0.6 is 11.3 Å². The lowest BCUT2D eigenvalue weighted by Crippen LogP contribution is -1.85. The number of hydrogen-bond donors (Lipinski definition) is 0. The molecule has 0 aliphatic heterocycles. The Kier molecular flexibility index (Phi) is 2.94. The first-order chi connectivity index (χ1) is 5.52. The van der Waals surface area contributed by atoms with Crippen LogP contribution in [0, 0.1) is 6.92 Å². The van der Waals surface area contributed by atoms with Crippen LogP contribution in [0.4, 0.5) is 0 Å². The van der Waals surface area contributed by atoms with E-state index in [1.165, 1.54) is 15.3 Å². The molecule has 0 amide bonds. The lowest BCUT2D eigenvalue weighted by molar-refractivity contribution is 0.851. The van der Waals surface area contributed by atoms with Gasteiger partial charge in [0.05, 0.1) is 0 Å². The van der Waals surface area contributed by atoms with Gasteiger partial charge in [-0.15, -0.1) is 11.3 Å². The van der Waals surface area contributed by atoms with Gasteiger partial charge < -0.3 is 0 Å². The highest BCUT2D eigenvalue weighted by Crippen LogP contribution is 2.31. The third-order valence-corrected chi connectivity index (χ3v) is 3.53. The van der Waals surface area contributed by atoms with Crippen LogP contribution in [0.2, 0.25) is 0 Å². The average Bonchev–Trinajstić information content (AvgIpc) is 2.30. The van der Waals surface area contributed by atoms with Gasteiger partial charge in [0.15, 0.2) is 0 Å². The van der Waals surface area contributed by atoms with Crippen LogP contribution < -0.4 is 0 Å². The van der Waals surface area contributed by atoms with Crippen molar-refractivity contribution in [2.45, 2.75) is 46.5 Å². The highest BCUT2D eigenvalue weighted by atomic mass is 32.1. The molecule has 1 rings (SSSR count). The Morgan fingerprint density at radius 1 is 1.08 bits per heavy atom. The van der Waals surface area contributed by atoms with Crippen molar-refractivity contribution in [1.82, 2.24) is 0 Å². The van der Waals surface area contributed by atoms with Crippen molar-refractivity contribution in [3.05, 3.63) is 21.4 Å². The summed E-state index contributed by atoms with van der Waals surface area (Å²) in [6.45, 7) is 11.3. The fourth-order valence-corrected chi connectivity index (χ4v) is 2.57. The van der Waals surface area contributed by atoms with Crippen molar-refractivity contribution >= 4 is 11.3 Å². The first-order valence-corrected chi connectivity index (χ1v) is 5.44. The van der Waals surface area contributed by atoms with Crippen LogP contribution in [-0.4, -0.2) is 0 Å². The van der Waals surface area contributed by atoms with E-state index in [0.29, 0.717) is 11.8 Å². The minimum absolute atomic E-state index is 0.675. The molecule has 0 fully saturated rings. The van der Waals surface area contributed by atoms with Gasteiger partial charge in [-0.1, -0.05) is 27.7 Å². The standard InChI is InChI=1S/C11H18S/c1-7(2)10-6-11(8(3)4)12-9(10)5/h6-8H,1-5H3. The molecule has 0 spiro atoms. The van der Waals surface area contributed by atoms with Gasteiger partial charge in [-0.2, -0.15) is 0 Å². The smallest absolute Gasteiger partial charge is 0.00764 e. The zero-order chi connectivity index (χ0) is 9.30. The molecule has 1 aromatic rings. The summed E-state index contributed by atoms with van der Waals surface area (Å²) < 4.78 is 0. The zero-order valence-electron chi connectivity index (χ0n) is 8.64. The molecule has 0 N–H and O–H groups in total. The molecule has 0 unspecified atom stereocenters. The lowest BCUT2D eigenvalue weighted by atomic mass is 10.0. The Labute approximate surface area is 79.6 Å². The van der Waals surface area contributed by atoms with Gasteiger partial charge in [0, 0.05) is 9.75 Å². The maximum atomic E-state index is 2.37. The number of rotatable bonds is 2. The van der Waals surface area contributed by atoms with E-state index >= 15 is 0 Å². The summed E-state index contributed by atoms with van der Waals surface area (Å²) in [6, 6.07) is 2.37. The van der Waals surface area contributed by atoms with Gasteiger partial charge in [-0.3, -0.25) is 0 Å². The second-order valence-corrected chi connectivity index (χ2v) is 5.26. The van der Waals surface area contributed by atoms with Crippen molar-refractivity contribution in [3.63, 3.8) is 0 Å². The summed E-state index contributed by atoms with van der Waals surface area (Å²) in [4.78, 5) is 3.02. The maximum absolute atomic E-state index is 2.37. The van der Waals surface area contributed by atoms with E-state index in [1.54, 1.807) is 0 Å². The fourth-order valence-electron chi connectivity index (χ4n) is 1.38. The average molecular weight is 182 g/mol. The molecular weight excluding hydrogens is 164 g/mol. The van der Waals surface area contributed by atoms with Gasteiger partial charge in [0.2, 0.25) is 0 Å². The van der Waals surface area contributed by atoms with Crippen LogP contribution in [0.15, 0.2) is 6.07 Å². The topological polar surface area (TPSA) is 0 Å². The molecule has 68 valence electrons. The highest BCUT2D eigenvalue weighted by Gasteiger charge is 2.10. The number of hydrogen-bond acceptors (Lipinski definition) is 1. The molecule has 0 nitrogen and oxygen atoms in total. The molecule has 0 bridgehead atoms. The minimum Gasteiger partial charge on any atom is -0.145 e. The molecule has 12 heavy (non-hydrogen) atoms. The molecule has 0 saturated carbocycles. The summed E-state index contributed by atoms with van der Waals surface area (Å²) in [7, 11) is 0. The molecular formula is C11H18S. The largest absolute Gasteiger partial charge is 0.145 e. The highest BCUT2D eigenvalue weighted by molar-refractivity contribution is 7.12. The molecule has 1 heteroatoms. The molecule has 1 heterocycles. The monoisotopic (exact) mass is 182 g/mol. The zero-order valence-corrected chi connectivity index (χ0v) is 9.46. The van der Waals surface area contributed by atoms with Gasteiger partial charge in [-0.05, 0) is 30.4 Å². The van der Waals surface area contributed by atoms with Crippen LogP contribution in [-0.2, 0) is 0 Å². The first-order valence-electron chi connectivity index (χ1n) is 4.62. The Morgan fingerprint density at radius 3 is 1.92 bits per heavy atom. The molecule has 1 aromatic heterocycles. The second kappa shape index (κ2) is 3.61. The van der Waals surface area contributed by atoms with Crippen molar-refractivity contribution < 1.29 is 0 Å². The first kappa shape index (κ1) is 9.79. The van der Waals surface area contributed by atoms with Gasteiger partial charge in [0.25, 0.3) is 0 Å². The molecule has 0 radical (unpaired) electrons.